The number of ether oxygens (including phenoxy) is 2. The molecule has 0 aliphatic carbocycles. The summed E-state index contributed by atoms with van der Waals surface area (Å²) >= 11 is 0. The van der Waals surface area contributed by atoms with Crippen LogP contribution in [-0.2, 0) is 48.5 Å². The average molecular weight is 684 g/mol. The number of hydrogen-bond donors (Lipinski definition) is 1. The van der Waals surface area contributed by atoms with Gasteiger partial charge in [-0.15, -0.1) is 0 Å². The number of benzene rings is 3. The summed E-state index contributed by atoms with van der Waals surface area (Å²) in [6, 6.07) is 22.8. The van der Waals surface area contributed by atoms with E-state index in [1.54, 1.807) is 29.2 Å². The topological polar surface area (TPSA) is 115 Å². The van der Waals surface area contributed by atoms with Crippen LogP contribution in [0.5, 0.6) is 0 Å². The first-order chi connectivity index (χ1) is 23.2. The van der Waals surface area contributed by atoms with Gasteiger partial charge >= 0.3 is 5.97 Å². The minimum absolute atomic E-state index is 0.0895. The number of esters is 1. The standard InChI is InChI=1S/C39H45N3O6S/c1-25-13-17-29(18-14-25)35-31-24-42(22-21-32(31)40-27(3)34(35)36(38(44)47-7)48-39(4,5)6)37(43)33(23-28-11-9-8-10-12-28)41-49(45,46)30-19-15-26(2)16-20-30/h8-20,33,36,41H,21-24H2,1-7H3. The molecule has 49 heavy (non-hydrogen) atoms. The molecular formula is C39H45N3O6S. The highest BCUT2D eigenvalue weighted by Gasteiger charge is 2.37. The summed E-state index contributed by atoms with van der Waals surface area (Å²) in [5.74, 6) is -0.900. The third-order valence-corrected chi connectivity index (χ3v) is 10.1. The minimum atomic E-state index is -4.03. The van der Waals surface area contributed by atoms with Gasteiger partial charge in [0.25, 0.3) is 0 Å². The van der Waals surface area contributed by atoms with Crippen molar-refractivity contribution in [3.63, 3.8) is 0 Å². The zero-order chi connectivity index (χ0) is 35.5. The summed E-state index contributed by atoms with van der Waals surface area (Å²) in [5.41, 5.74) is 6.58. The van der Waals surface area contributed by atoms with Crippen LogP contribution in [0, 0.1) is 20.8 Å². The van der Waals surface area contributed by atoms with Gasteiger partial charge in [-0.05, 0) is 76.8 Å². The van der Waals surface area contributed by atoms with Crippen molar-refractivity contribution in [2.45, 2.75) is 83.6 Å². The lowest BCUT2D eigenvalue weighted by Crippen LogP contribution is -2.51. The number of nitrogens with zero attached hydrogens (tertiary/aromatic N) is 2. The Hall–Kier alpha value is -4.38. The predicted octanol–water partition coefficient (Wildman–Crippen LogP) is 6.18. The van der Waals surface area contributed by atoms with E-state index in [1.807, 2.05) is 96.1 Å². The van der Waals surface area contributed by atoms with E-state index in [0.29, 0.717) is 24.2 Å². The first-order valence-corrected chi connectivity index (χ1v) is 17.9. The first kappa shape index (κ1) is 35.9. The van der Waals surface area contributed by atoms with Crippen LogP contribution < -0.4 is 4.72 Å². The van der Waals surface area contributed by atoms with Gasteiger partial charge in [0.2, 0.25) is 15.9 Å². The van der Waals surface area contributed by atoms with Gasteiger partial charge in [-0.3, -0.25) is 9.78 Å². The molecule has 1 amide bonds. The number of aryl methyl sites for hydroxylation is 3. The van der Waals surface area contributed by atoms with Crippen LogP contribution in [0.3, 0.4) is 0 Å². The molecule has 1 aromatic heterocycles. The fourth-order valence-corrected chi connectivity index (χ4v) is 7.36. The van der Waals surface area contributed by atoms with E-state index in [9.17, 15) is 18.0 Å². The zero-order valence-electron chi connectivity index (χ0n) is 29.2. The molecule has 1 aliphatic rings. The average Bonchev–Trinajstić information content (AvgIpc) is 3.06. The number of fused-ring (bicyclic) bond motifs is 1. The largest absolute Gasteiger partial charge is 0.467 e. The van der Waals surface area contributed by atoms with Crippen molar-refractivity contribution in [3.05, 3.63) is 118 Å². The number of aromatic nitrogens is 1. The third kappa shape index (κ3) is 8.44. The molecular weight excluding hydrogens is 639 g/mol. The van der Waals surface area contributed by atoms with Crippen LogP contribution in [0.25, 0.3) is 11.1 Å². The lowest BCUT2D eigenvalue weighted by molar-refractivity contribution is -0.164. The number of methoxy groups -OCH3 is 1. The van der Waals surface area contributed by atoms with E-state index < -0.39 is 33.7 Å². The summed E-state index contributed by atoms with van der Waals surface area (Å²) in [4.78, 5) is 34.6. The van der Waals surface area contributed by atoms with Crippen molar-refractivity contribution in [1.82, 2.24) is 14.6 Å². The maximum Gasteiger partial charge on any atom is 0.339 e. The number of carbonyl (C=O) groups is 2. The Bertz CT molecular complexity index is 1920. The monoisotopic (exact) mass is 683 g/mol. The number of sulfonamides is 1. The van der Waals surface area contributed by atoms with Gasteiger partial charge in [0.15, 0.2) is 6.10 Å². The molecule has 1 aliphatic heterocycles. The Kier molecular flexibility index (Phi) is 10.7. The normalized spacial score (nSPS) is 14.6. The highest BCUT2D eigenvalue weighted by Crippen LogP contribution is 2.40. The molecule has 0 saturated heterocycles. The molecule has 2 heterocycles. The molecule has 258 valence electrons. The quantitative estimate of drug-likeness (QED) is 0.199. The molecule has 0 saturated carbocycles. The highest BCUT2D eigenvalue weighted by molar-refractivity contribution is 7.89. The van der Waals surface area contributed by atoms with E-state index in [-0.39, 0.29) is 23.8 Å². The molecule has 0 radical (unpaired) electrons. The van der Waals surface area contributed by atoms with Crippen LogP contribution in [-0.4, -0.2) is 55.5 Å². The Balaban J connectivity index is 1.60. The van der Waals surface area contributed by atoms with Gasteiger partial charge < -0.3 is 14.4 Å². The van der Waals surface area contributed by atoms with Crippen LogP contribution in [0.2, 0.25) is 0 Å². The summed E-state index contributed by atoms with van der Waals surface area (Å²) in [6.07, 6.45) is -0.454. The molecule has 10 heteroatoms. The zero-order valence-corrected chi connectivity index (χ0v) is 30.1. The van der Waals surface area contributed by atoms with E-state index in [4.69, 9.17) is 14.5 Å². The number of rotatable bonds is 10. The molecule has 2 atom stereocenters. The summed E-state index contributed by atoms with van der Waals surface area (Å²) in [6.45, 7) is 11.9. The molecule has 4 aromatic rings. The molecule has 3 aromatic carbocycles. The molecule has 0 fully saturated rings. The number of pyridine rings is 1. The maximum atomic E-state index is 14.5. The van der Waals surface area contributed by atoms with E-state index in [1.165, 1.54) is 7.11 Å². The number of hydrogen-bond acceptors (Lipinski definition) is 7. The van der Waals surface area contributed by atoms with Crippen molar-refractivity contribution >= 4 is 21.9 Å². The van der Waals surface area contributed by atoms with Crippen LogP contribution in [0.15, 0.2) is 83.8 Å². The van der Waals surface area contributed by atoms with Crippen LogP contribution in [0.1, 0.15) is 66.1 Å². The molecule has 0 bridgehead atoms. The number of nitrogens with one attached hydrogen (secondary N) is 1. The second kappa shape index (κ2) is 14.6. The fraction of sp³-hybridized carbons (Fsp3) is 0.359. The van der Waals surface area contributed by atoms with Crippen molar-refractivity contribution in [1.29, 1.82) is 0 Å². The van der Waals surface area contributed by atoms with Crippen LogP contribution in [0.4, 0.5) is 0 Å². The van der Waals surface area contributed by atoms with Gasteiger partial charge in [-0.25, -0.2) is 13.2 Å². The van der Waals surface area contributed by atoms with Gasteiger partial charge in [0, 0.05) is 42.0 Å². The SMILES string of the molecule is COC(=O)C(OC(C)(C)C)c1c(C)nc2c(c1-c1ccc(C)cc1)CN(C(=O)C(Cc1ccccc1)NS(=O)(=O)c1ccc(C)cc1)CC2. The summed E-state index contributed by atoms with van der Waals surface area (Å²) in [7, 11) is -2.69. The Morgan fingerprint density at radius 2 is 1.53 bits per heavy atom. The highest BCUT2D eigenvalue weighted by atomic mass is 32.2. The van der Waals surface area contributed by atoms with Crippen molar-refractivity contribution < 1.29 is 27.5 Å². The van der Waals surface area contributed by atoms with Crippen molar-refractivity contribution in [2.24, 2.45) is 0 Å². The first-order valence-electron chi connectivity index (χ1n) is 16.4. The second-order valence-corrected chi connectivity index (χ2v) is 15.3. The van der Waals surface area contributed by atoms with Gasteiger partial charge in [-0.2, -0.15) is 4.72 Å². The maximum absolute atomic E-state index is 14.5. The molecule has 2 unspecified atom stereocenters. The number of amides is 1. The van der Waals surface area contributed by atoms with Gasteiger partial charge in [0.05, 0.1) is 17.6 Å². The van der Waals surface area contributed by atoms with E-state index in [2.05, 4.69) is 4.72 Å². The van der Waals surface area contributed by atoms with Gasteiger partial charge in [0.1, 0.15) is 6.04 Å². The van der Waals surface area contributed by atoms with Crippen molar-refractivity contribution in [2.75, 3.05) is 13.7 Å². The molecule has 1 N–H and O–H groups in total. The van der Waals surface area contributed by atoms with E-state index in [0.717, 1.165) is 39.1 Å². The van der Waals surface area contributed by atoms with Crippen LogP contribution >= 0.6 is 0 Å². The minimum Gasteiger partial charge on any atom is -0.467 e. The smallest absolute Gasteiger partial charge is 0.339 e. The lowest BCUT2D eigenvalue weighted by Gasteiger charge is -2.35. The predicted molar refractivity (Wildman–Crippen MR) is 189 cm³/mol. The Labute approximate surface area is 289 Å². The second-order valence-electron chi connectivity index (χ2n) is 13.6. The van der Waals surface area contributed by atoms with Crippen molar-refractivity contribution in [3.8, 4) is 11.1 Å². The summed E-state index contributed by atoms with van der Waals surface area (Å²) in [5, 5.41) is 0. The van der Waals surface area contributed by atoms with E-state index >= 15 is 0 Å². The Morgan fingerprint density at radius 1 is 0.918 bits per heavy atom. The fourth-order valence-electron chi connectivity index (χ4n) is 6.17. The number of carbonyl (C=O) groups excluding carboxylic acids is 2. The molecule has 0 spiro atoms. The van der Waals surface area contributed by atoms with Gasteiger partial charge in [-0.1, -0.05) is 77.9 Å². The molecule has 5 rings (SSSR count). The summed E-state index contributed by atoms with van der Waals surface area (Å²) < 4.78 is 41.5. The third-order valence-electron chi connectivity index (χ3n) is 8.59. The molecule has 9 nitrogen and oxygen atoms in total. The lowest BCUT2D eigenvalue weighted by atomic mass is 9.86. The Morgan fingerprint density at radius 3 is 2.12 bits per heavy atom.